The van der Waals surface area contributed by atoms with Crippen LogP contribution in [0.5, 0.6) is 69.0 Å². The maximum absolute atomic E-state index is 11.4. The molecule has 7 rings (SSSR count). The Labute approximate surface area is 307 Å². The Bertz CT molecular complexity index is 1900. The number of aromatic hydroxyl groups is 12. The Balaban J connectivity index is 1.43. The molecular formula is C42H36O12. The summed E-state index contributed by atoms with van der Waals surface area (Å²) in [6.07, 6.45) is -1.12. The fourth-order valence-corrected chi connectivity index (χ4v) is 7.30. The fourth-order valence-electron chi connectivity index (χ4n) is 7.30. The van der Waals surface area contributed by atoms with Crippen molar-refractivity contribution in [1.82, 2.24) is 0 Å². The van der Waals surface area contributed by atoms with Crippen LogP contribution in [0, 0.1) is 0 Å². The molecule has 54 heavy (non-hydrogen) atoms. The molecule has 6 aromatic rings. The van der Waals surface area contributed by atoms with Gasteiger partial charge in [-0.05, 0) is 72.8 Å². The van der Waals surface area contributed by atoms with Crippen molar-refractivity contribution in [1.29, 1.82) is 0 Å². The van der Waals surface area contributed by atoms with E-state index in [1.807, 2.05) is 0 Å². The van der Waals surface area contributed by atoms with Crippen molar-refractivity contribution in [3.8, 4) is 69.0 Å². The van der Waals surface area contributed by atoms with Crippen molar-refractivity contribution < 1.29 is 61.3 Å². The highest BCUT2D eigenvalue weighted by Crippen LogP contribution is 2.42. The first kappa shape index (κ1) is 35.3. The molecule has 0 saturated heterocycles. The van der Waals surface area contributed by atoms with Crippen LogP contribution in [-0.4, -0.2) is 61.3 Å². The van der Waals surface area contributed by atoms with Crippen LogP contribution in [0.3, 0.4) is 0 Å². The minimum absolute atomic E-state index is 0.149. The van der Waals surface area contributed by atoms with Gasteiger partial charge in [-0.1, -0.05) is 0 Å². The number of hydrogen-bond donors (Lipinski definition) is 12. The molecule has 0 aromatic heterocycles. The van der Waals surface area contributed by atoms with Crippen molar-refractivity contribution in [2.24, 2.45) is 0 Å². The normalized spacial score (nSPS) is 12.9. The average Bonchev–Trinajstić information content (AvgIpc) is 3.09. The Morgan fingerprint density at radius 3 is 0.370 bits per heavy atom. The summed E-state index contributed by atoms with van der Waals surface area (Å²) in [4.78, 5) is 0. The van der Waals surface area contributed by atoms with E-state index in [0.29, 0.717) is 0 Å². The number of fused-ring (bicyclic) bond motifs is 12. The molecule has 0 amide bonds. The van der Waals surface area contributed by atoms with E-state index < -0.39 is 0 Å². The van der Waals surface area contributed by atoms with Crippen LogP contribution < -0.4 is 0 Å². The monoisotopic (exact) mass is 732 g/mol. The van der Waals surface area contributed by atoms with Crippen LogP contribution in [0.2, 0.25) is 0 Å². The van der Waals surface area contributed by atoms with Gasteiger partial charge in [0.25, 0.3) is 0 Å². The molecule has 0 saturated carbocycles. The summed E-state index contributed by atoms with van der Waals surface area (Å²) in [5.74, 6) is -3.27. The second-order valence-corrected chi connectivity index (χ2v) is 13.7. The summed E-state index contributed by atoms with van der Waals surface area (Å²) in [7, 11) is 0. The van der Waals surface area contributed by atoms with Crippen LogP contribution in [0.25, 0.3) is 0 Å². The summed E-state index contributed by atoms with van der Waals surface area (Å²) in [5, 5.41) is 132. The smallest absolute Gasteiger partial charge is 0.122 e. The lowest BCUT2D eigenvalue weighted by Gasteiger charge is -2.18. The second kappa shape index (κ2) is 13.5. The molecule has 0 heterocycles. The van der Waals surface area contributed by atoms with Gasteiger partial charge in [0, 0.05) is 105 Å². The third-order valence-corrected chi connectivity index (χ3v) is 9.80. The summed E-state index contributed by atoms with van der Waals surface area (Å²) in [5.41, 5.74) is 1.79. The number of benzene rings is 6. The zero-order chi connectivity index (χ0) is 38.6. The summed E-state index contributed by atoms with van der Waals surface area (Å²) >= 11 is 0. The van der Waals surface area contributed by atoms with Crippen LogP contribution in [0.1, 0.15) is 66.8 Å². The molecule has 0 radical (unpaired) electrons. The summed E-state index contributed by atoms with van der Waals surface area (Å²) in [6.45, 7) is 0. The molecule has 1 aliphatic rings. The molecule has 0 aliphatic heterocycles. The van der Waals surface area contributed by atoms with Gasteiger partial charge in [-0.2, -0.15) is 0 Å². The molecule has 0 spiro atoms. The molecule has 12 nitrogen and oxygen atoms in total. The molecule has 0 atom stereocenters. The minimum atomic E-state index is -0.293. The fraction of sp³-hybridized carbons (Fsp3) is 0.143. The lowest BCUT2D eigenvalue weighted by molar-refractivity contribution is 0.436. The number of phenolic OH excluding ortho intramolecular Hbond substituents is 12. The topological polar surface area (TPSA) is 243 Å². The van der Waals surface area contributed by atoms with E-state index in [2.05, 4.69) is 0 Å². The van der Waals surface area contributed by atoms with Crippen molar-refractivity contribution in [3.05, 3.63) is 140 Å². The first-order valence-corrected chi connectivity index (χ1v) is 16.9. The number of rotatable bonds is 0. The Kier molecular flexibility index (Phi) is 8.82. The third kappa shape index (κ3) is 6.80. The van der Waals surface area contributed by atoms with E-state index in [-0.39, 0.29) is 174 Å². The molecule has 276 valence electrons. The zero-order valence-corrected chi connectivity index (χ0v) is 28.5. The largest absolute Gasteiger partial charge is 0.508 e. The predicted molar refractivity (Wildman–Crippen MR) is 195 cm³/mol. The average molecular weight is 733 g/mol. The highest BCUT2D eigenvalue weighted by Gasteiger charge is 2.23. The van der Waals surface area contributed by atoms with Crippen molar-refractivity contribution in [2.45, 2.75) is 38.5 Å². The molecular weight excluding hydrogens is 696 g/mol. The maximum atomic E-state index is 11.4. The van der Waals surface area contributed by atoms with Crippen LogP contribution in [-0.2, 0) is 38.5 Å². The first-order chi connectivity index (χ1) is 25.6. The summed E-state index contributed by atoms with van der Waals surface area (Å²) < 4.78 is 0. The third-order valence-electron chi connectivity index (χ3n) is 9.80. The van der Waals surface area contributed by atoms with E-state index in [9.17, 15) is 61.3 Å². The van der Waals surface area contributed by atoms with Gasteiger partial charge in [-0.15, -0.1) is 0 Å². The van der Waals surface area contributed by atoms with E-state index in [1.165, 1.54) is 72.8 Å². The minimum Gasteiger partial charge on any atom is -0.508 e. The van der Waals surface area contributed by atoms with Gasteiger partial charge in [0.1, 0.15) is 69.0 Å². The van der Waals surface area contributed by atoms with Gasteiger partial charge in [-0.25, -0.2) is 0 Å². The Morgan fingerprint density at radius 1 is 0.185 bits per heavy atom. The maximum Gasteiger partial charge on any atom is 0.122 e. The highest BCUT2D eigenvalue weighted by atomic mass is 16.3. The van der Waals surface area contributed by atoms with E-state index in [1.54, 1.807) is 0 Å². The zero-order valence-electron chi connectivity index (χ0n) is 28.5. The second-order valence-electron chi connectivity index (χ2n) is 13.7. The Hall–Kier alpha value is -7.08. The van der Waals surface area contributed by atoms with Crippen molar-refractivity contribution >= 4 is 0 Å². The van der Waals surface area contributed by atoms with E-state index >= 15 is 0 Å². The number of hydrogen-bond acceptors (Lipinski definition) is 12. The highest BCUT2D eigenvalue weighted by molar-refractivity contribution is 5.60. The van der Waals surface area contributed by atoms with E-state index in [4.69, 9.17) is 0 Å². The van der Waals surface area contributed by atoms with Crippen LogP contribution in [0.15, 0.2) is 72.8 Å². The molecule has 0 fully saturated rings. The quantitative estimate of drug-likeness (QED) is 0.0802. The summed E-state index contributed by atoms with van der Waals surface area (Å²) in [6, 6.07) is 15.3. The van der Waals surface area contributed by atoms with Gasteiger partial charge < -0.3 is 61.3 Å². The van der Waals surface area contributed by atoms with Gasteiger partial charge in [0.15, 0.2) is 0 Å². The predicted octanol–water partition coefficient (Wildman–Crippen LogP) is 6.01. The molecule has 6 aromatic carbocycles. The Morgan fingerprint density at radius 2 is 0.278 bits per heavy atom. The molecule has 12 N–H and O–H groups in total. The SMILES string of the molecule is Oc1cc2c(O)c(c1)Cc1cc(O)cc(c1O)Cc1cc(O)cc(c1O)Cc1cc(O)cc(c1O)Cc1cc(O)cc(c1O)Cc1cc(O)cc(c1O)C2. The first-order valence-electron chi connectivity index (χ1n) is 16.9. The van der Waals surface area contributed by atoms with Crippen molar-refractivity contribution in [3.63, 3.8) is 0 Å². The van der Waals surface area contributed by atoms with Crippen LogP contribution >= 0.6 is 0 Å². The van der Waals surface area contributed by atoms with E-state index in [0.717, 1.165) is 0 Å². The van der Waals surface area contributed by atoms with Gasteiger partial charge in [-0.3, -0.25) is 0 Å². The molecule has 12 bridgehead atoms. The molecule has 12 heteroatoms. The molecule has 1 aliphatic carbocycles. The lowest BCUT2D eigenvalue weighted by Crippen LogP contribution is -2.01. The molecule has 0 unspecified atom stereocenters. The van der Waals surface area contributed by atoms with Crippen LogP contribution in [0.4, 0.5) is 0 Å². The van der Waals surface area contributed by atoms with Crippen molar-refractivity contribution in [2.75, 3.05) is 0 Å². The van der Waals surface area contributed by atoms with Gasteiger partial charge in [0.05, 0.1) is 0 Å². The standard InChI is InChI=1S/C42H36O12/c43-31-7-19-1-20-8-32(44)10-22(38(20)50)3-24-12-34(46)14-26(40(24)52)5-28-16-36(48)18-30(42(28)54)6-29-17-35(47)15-27(41(29)53)4-25-13-33(45)11-23(39(25)51)2-21(9-31)37(19)49/h7-18,43-54H,1-6H2. The number of phenols is 12. The van der Waals surface area contributed by atoms with Gasteiger partial charge in [0.2, 0.25) is 0 Å². The lowest BCUT2D eigenvalue weighted by atomic mass is 9.91. The van der Waals surface area contributed by atoms with Gasteiger partial charge >= 0.3 is 0 Å².